The smallest absolute Gasteiger partial charge is 0.416 e. The fourth-order valence-corrected chi connectivity index (χ4v) is 13.3. The number of hydrogen-bond donors (Lipinski definition) is 9. The molecule has 1 unspecified atom stereocenters. The minimum Gasteiger partial charge on any atom is -0.497 e. The molecule has 0 saturated heterocycles. The molecule has 19 rings (SSSR count). The molecule has 1 atom stereocenters. The Morgan fingerprint density at radius 1 is 0.303 bits per heavy atom. The molecule has 0 aliphatic carbocycles. The van der Waals surface area contributed by atoms with Crippen molar-refractivity contribution in [2.24, 2.45) is 0 Å². The maximum Gasteiger partial charge on any atom is 0.416 e. The van der Waals surface area contributed by atoms with E-state index in [0.717, 1.165) is 92.8 Å². The van der Waals surface area contributed by atoms with E-state index >= 15 is 0 Å². The van der Waals surface area contributed by atoms with Gasteiger partial charge in [-0.15, -0.1) is 0 Å². The molecule has 0 radical (unpaired) electrons. The Bertz CT molecular complexity index is 6920. The number of aromatic nitrogens is 18. The minimum atomic E-state index is -4.38. The fourth-order valence-electron chi connectivity index (χ4n) is 12.6. The maximum atomic E-state index is 12.7. The van der Waals surface area contributed by atoms with Gasteiger partial charge in [0.25, 0.3) is 0 Å². The number of alkyl halides is 6. The summed E-state index contributed by atoms with van der Waals surface area (Å²) in [6.45, 7) is 4.82. The predicted octanol–water partition coefficient (Wildman–Crippen LogP) is 29.5. The third kappa shape index (κ3) is 37.8. The zero-order valence-corrected chi connectivity index (χ0v) is 80.0. The van der Waals surface area contributed by atoms with E-state index in [1.807, 2.05) is 197 Å². The number of anilines is 1. The molecule has 0 fully saturated rings. The van der Waals surface area contributed by atoms with Crippen LogP contribution in [0.4, 0.5) is 32.0 Å². The lowest BCUT2D eigenvalue weighted by Crippen LogP contribution is -2.07. The van der Waals surface area contributed by atoms with Gasteiger partial charge in [0, 0.05) is 103 Å². The Kier molecular flexibility index (Phi) is 42.5. The molecule has 0 amide bonds. The number of hydrogen-bond acceptors (Lipinski definition) is 12. The van der Waals surface area contributed by atoms with Gasteiger partial charge >= 0.3 is 12.4 Å². The lowest BCUT2D eigenvalue weighted by molar-refractivity contribution is -0.138. The van der Waals surface area contributed by atoms with Gasteiger partial charge < -0.3 is 14.4 Å². The maximum absolute atomic E-state index is 12.7. The number of fused-ring (bicyclic) bond motifs is 1. The van der Waals surface area contributed by atoms with E-state index in [2.05, 4.69) is 237 Å². The largest absolute Gasteiger partial charge is 0.497 e. The number of ether oxygens (including phenoxy) is 2. The predicted molar refractivity (Wildman–Crippen MR) is 569 cm³/mol. The lowest BCUT2D eigenvalue weighted by atomic mass is 10.1. The van der Waals surface area contributed by atoms with Gasteiger partial charge in [0.1, 0.15) is 5.75 Å². The highest BCUT2D eigenvalue weighted by molar-refractivity contribution is 6.37. The first-order valence-electron chi connectivity index (χ1n) is 44.3. The van der Waals surface area contributed by atoms with Crippen LogP contribution in [0.25, 0.3) is 120 Å². The fraction of sp³-hybridized carbons (Fsp3) is 0.0804. The first-order chi connectivity index (χ1) is 69.0. The van der Waals surface area contributed by atoms with Crippen molar-refractivity contribution in [1.82, 2.24) is 91.8 Å². The van der Waals surface area contributed by atoms with Crippen molar-refractivity contribution < 1.29 is 35.8 Å². The van der Waals surface area contributed by atoms with Crippen LogP contribution in [-0.4, -0.2) is 120 Å². The Morgan fingerprint density at radius 2 is 0.634 bits per heavy atom. The van der Waals surface area contributed by atoms with Crippen LogP contribution in [0.2, 0.25) is 15.1 Å². The van der Waals surface area contributed by atoms with Crippen LogP contribution in [0.15, 0.2) is 347 Å². The van der Waals surface area contributed by atoms with Crippen molar-refractivity contribution in [3.05, 3.63) is 480 Å². The van der Waals surface area contributed by atoms with Crippen molar-refractivity contribution in [1.29, 1.82) is 0 Å². The summed E-state index contributed by atoms with van der Waals surface area (Å²) in [6.07, 6.45) is 41.0. The van der Waals surface area contributed by atoms with Crippen LogP contribution in [0.5, 0.6) is 5.75 Å². The number of nitrogens with zero attached hydrogens (tertiary/aromatic N) is 10. The van der Waals surface area contributed by atoms with Gasteiger partial charge in [-0.2, -0.15) is 72.2 Å². The SMILES string of the molecule is C(=C\c1ccn[nH]1)/c1ccc2ccccc2c1.C(=C\c1ccn[nH]1)/c1ccccc1.C(=C\c1ccn[nH]1)/c1ccccc1.CCOC(C)c1ccc(/C=C/c2ccn[nH]2)cc1.CN(C)c1ccc(/C=C/c2ccn[nH]2)cc1.COc1ccc(/C=C/c2ccn[nH]2)cc1.Clc1cccc(Cl)c1/C=C/c1ccn[nH]1.FC(F)(F)c1ccc(/C=C/c2ccn[nH]2)c(Cl)c1.FC(F)(F)c1ccccc1/C=C/c1ccn[nH]1. The number of aromatic amines is 9. The van der Waals surface area contributed by atoms with Gasteiger partial charge in [-0.3, -0.25) is 45.9 Å². The third-order valence-electron chi connectivity index (χ3n) is 20.1. The molecule has 720 valence electrons. The van der Waals surface area contributed by atoms with E-state index in [-0.39, 0.29) is 16.7 Å². The molecule has 0 spiro atoms. The van der Waals surface area contributed by atoms with Crippen LogP contribution < -0.4 is 9.64 Å². The van der Waals surface area contributed by atoms with Crippen molar-refractivity contribution in [3.8, 4) is 5.75 Å². The molecule has 9 heterocycles. The molecule has 19 aromatic rings. The van der Waals surface area contributed by atoms with Gasteiger partial charge in [0.2, 0.25) is 0 Å². The number of methoxy groups -OCH3 is 1. The zero-order chi connectivity index (χ0) is 100. The van der Waals surface area contributed by atoms with Gasteiger partial charge in [-0.25, -0.2) is 0 Å². The van der Waals surface area contributed by atoms with Crippen LogP contribution in [0.3, 0.4) is 0 Å². The van der Waals surface area contributed by atoms with E-state index in [9.17, 15) is 26.3 Å². The Balaban J connectivity index is 0.000000153. The van der Waals surface area contributed by atoms with Gasteiger partial charge in [0.05, 0.1) is 75.6 Å². The molecule has 10 aromatic carbocycles. The summed E-state index contributed by atoms with van der Waals surface area (Å²) in [6, 6.07) is 90.8. The van der Waals surface area contributed by atoms with Crippen LogP contribution in [0.1, 0.15) is 138 Å². The molecule has 0 aliphatic rings. The topological polar surface area (TPSA) is 280 Å². The number of benzene rings is 10. The van der Waals surface area contributed by atoms with Crippen LogP contribution >= 0.6 is 34.8 Å². The summed E-state index contributed by atoms with van der Waals surface area (Å²) in [5, 5.41) is 63.9. The minimum absolute atomic E-state index is 0.0561. The van der Waals surface area contributed by atoms with Crippen molar-refractivity contribution in [2.45, 2.75) is 32.3 Å². The molecule has 21 nitrogen and oxygen atoms in total. The van der Waals surface area contributed by atoms with Gasteiger partial charge in [0.15, 0.2) is 0 Å². The first kappa shape index (κ1) is 105. The standard InChI is InChI=1S/C15H18N2O.C15H12N2.C13H15N3.C12H8ClF3N2.C12H9F3N2.C12H12N2O.C11H8Cl2N2.2C11H10N2/c1-3-18-12(2)14-7-4-13(5-8-14)6-9-15-10-11-16-17-15;1-2-4-14-11-12(5-7-13(14)3-1)6-8-15-9-10-16-17-15;1-16(2)13-7-4-11(5-8-13)3-6-12-9-10-14-15-12;13-11-7-9(12(14,15)16)3-1-8(11)2-4-10-5-6-17-18-10;13-12(14,15)11-4-2-1-3-9(11)5-6-10-7-8-16-17-10;1-15-12-6-3-10(4-7-12)2-5-11-8-9-13-14-11;12-10-2-1-3-11(13)9(10)5-4-8-6-7-14-15-8;2*1-2-4-10(5-3-1)6-7-11-8-9-12-13-11/h4-12H,3H2,1-2H3,(H,16,17);1-11H,(H,16,17);3-10H,1-2H3,(H,14,15);1-7H,(H,17,18);1-8H,(H,16,17);2-9H,1H3,(H,13,14);1-7H,(H,14,15);2*1-9H,(H,12,13)/b9-6+;8-6+;6-3+;4-2+;6-5+;5-2+;5-4+;2*7-6+. The zero-order valence-electron chi connectivity index (χ0n) is 77.8. The molecule has 0 saturated carbocycles. The Morgan fingerprint density at radius 3 is 0.993 bits per heavy atom. The third-order valence-corrected chi connectivity index (χ3v) is 21.0. The average molecular weight is 1970 g/mol. The molecule has 142 heavy (non-hydrogen) atoms. The molecule has 0 bridgehead atoms. The average Bonchev–Trinajstić information content (AvgIpc) is 1.81. The molecular formula is C112H102Cl3F6N19O2. The van der Waals surface area contributed by atoms with Crippen molar-refractivity contribution in [3.63, 3.8) is 0 Å². The van der Waals surface area contributed by atoms with Crippen LogP contribution in [0, 0.1) is 0 Å². The highest BCUT2D eigenvalue weighted by Crippen LogP contribution is 2.35. The van der Waals surface area contributed by atoms with Gasteiger partial charge in [-0.05, 0) is 251 Å². The molecule has 0 aliphatic heterocycles. The molecular weight excluding hydrogens is 1860 g/mol. The van der Waals surface area contributed by atoms with E-state index in [1.165, 1.54) is 74.7 Å². The van der Waals surface area contributed by atoms with E-state index in [1.54, 1.807) is 105 Å². The van der Waals surface area contributed by atoms with Crippen molar-refractivity contribution >= 4 is 161 Å². The lowest BCUT2D eigenvalue weighted by Gasteiger charge is -2.11. The monoisotopic (exact) mass is 1960 g/mol. The molecule has 9 N–H and O–H groups in total. The Hall–Kier alpha value is -17.0. The van der Waals surface area contributed by atoms with E-state index in [0.29, 0.717) is 21.3 Å². The second-order valence-corrected chi connectivity index (χ2v) is 31.7. The number of nitrogens with one attached hydrogen (secondary N) is 9. The van der Waals surface area contributed by atoms with Gasteiger partial charge in [-0.1, -0.05) is 259 Å². The normalized spacial score (nSPS) is 11.5. The number of H-pyrrole nitrogens is 9. The van der Waals surface area contributed by atoms with Crippen LogP contribution in [-0.2, 0) is 17.1 Å². The summed E-state index contributed by atoms with van der Waals surface area (Å²) in [4.78, 5) is 2.09. The molecule has 30 heteroatoms. The highest BCUT2D eigenvalue weighted by Gasteiger charge is 2.33. The summed E-state index contributed by atoms with van der Waals surface area (Å²) in [7, 11) is 5.74. The summed E-state index contributed by atoms with van der Waals surface area (Å²) < 4.78 is 85.9. The van der Waals surface area contributed by atoms with Crippen molar-refractivity contribution in [2.75, 3.05) is 32.7 Å². The second kappa shape index (κ2) is 57.3. The van der Waals surface area contributed by atoms with E-state index in [4.69, 9.17) is 44.3 Å². The summed E-state index contributed by atoms with van der Waals surface area (Å²) >= 11 is 17.8. The number of halogens is 9. The summed E-state index contributed by atoms with van der Waals surface area (Å²) in [5.74, 6) is 0.869. The highest BCUT2D eigenvalue weighted by atomic mass is 35.5. The second-order valence-electron chi connectivity index (χ2n) is 30.5. The molecule has 9 aromatic heterocycles. The van der Waals surface area contributed by atoms with E-state index < -0.39 is 23.5 Å². The Labute approximate surface area is 833 Å². The quantitative estimate of drug-likeness (QED) is 0.0270. The number of rotatable bonds is 23. The summed E-state index contributed by atoms with van der Waals surface area (Å²) in [5.41, 5.74) is 17.9. The first-order valence-corrected chi connectivity index (χ1v) is 45.5.